The highest BCUT2D eigenvalue weighted by Crippen LogP contribution is 2.20. The predicted octanol–water partition coefficient (Wildman–Crippen LogP) is 0.998. The summed E-state index contributed by atoms with van der Waals surface area (Å²) in [5, 5.41) is 33.4. The number of hydrogen-bond donors (Lipinski definition) is 3. The minimum Gasteiger partial charge on any atom is -1.00 e. The number of benzene rings is 1. The lowest BCUT2D eigenvalue weighted by molar-refractivity contribution is -0.697. The van der Waals surface area contributed by atoms with E-state index in [1.807, 2.05) is 6.07 Å². The Morgan fingerprint density at radius 1 is 0.914 bits per heavy atom. The largest absolute Gasteiger partial charge is 1.00 e. The lowest BCUT2D eigenvalue weighted by atomic mass is 10.0. The molecule has 0 saturated carbocycles. The van der Waals surface area contributed by atoms with Gasteiger partial charge in [-0.2, -0.15) is 0 Å². The van der Waals surface area contributed by atoms with Crippen LogP contribution in [-0.2, 0) is 11.3 Å². The number of pyridine rings is 1. The fourth-order valence-corrected chi connectivity index (χ4v) is 3.93. The maximum atomic E-state index is 12.2. The van der Waals surface area contributed by atoms with E-state index >= 15 is 0 Å². The van der Waals surface area contributed by atoms with Crippen molar-refractivity contribution in [3.05, 3.63) is 70.5 Å². The molecule has 9 heteroatoms. The van der Waals surface area contributed by atoms with E-state index in [-0.39, 0.29) is 28.6 Å². The number of unbranched alkanes of at least 4 members (excludes halogenated alkanes) is 8. The first-order valence-electron chi connectivity index (χ1n) is 12.3. The standard InChI is InChI=1S/C26H37N3O5.BrH/c30-21-24(26(32)22-14-16-23(17-15-22)29(33)34)27-25(31)13-9-6-4-2-1-3-5-7-10-18-28-19-11-8-12-20-28;/h8,11-12,14-17,19-20,24,26,30,32H,1-7,9-10,13,18,21H2;1H/t24-,26+;/m1./s1. The Bertz CT molecular complexity index is 852. The van der Waals surface area contributed by atoms with E-state index in [0.717, 1.165) is 25.8 Å². The number of nitrogens with one attached hydrogen (secondary N) is 1. The van der Waals surface area contributed by atoms with Crippen molar-refractivity contribution in [2.24, 2.45) is 0 Å². The van der Waals surface area contributed by atoms with Gasteiger partial charge in [-0.15, -0.1) is 0 Å². The number of amides is 1. The molecule has 2 rings (SSSR count). The molecule has 0 aliphatic heterocycles. The van der Waals surface area contributed by atoms with Gasteiger partial charge in [-0.1, -0.05) is 44.6 Å². The molecule has 0 saturated heterocycles. The first kappa shape index (κ1) is 30.7. The van der Waals surface area contributed by atoms with Gasteiger partial charge in [0.2, 0.25) is 5.91 Å². The third kappa shape index (κ3) is 12.2. The second-order valence-electron chi connectivity index (χ2n) is 8.70. The number of aryl methyl sites for hydroxylation is 1. The molecule has 1 aromatic carbocycles. The average molecular weight is 553 g/mol. The number of aliphatic hydroxyl groups excluding tert-OH is 2. The quantitative estimate of drug-likeness (QED) is 0.117. The molecular weight excluding hydrogens is 514 g/mol. The van der Waals surface area contributed by atoms with Gasteiger partial charge in [-0.25, -0.2) is 4.57 Å². The van der Waals surface area contributed by atoms with Crippen molar-refractivity contribution in [2.45, 2.75) is 82.9 Å². The molecule has 1 aromatic heterocycles. The Hall–Kier alpha value is -2.36. The van der Waals surface area contributed by atoms with E-state index in [2.05, 4.69) is 34.4 Å². The number of carbonyl (C=O) groups is 1. The Morgan fingerprint density at radius 3 is 2.00 bits per heavy atom. The lowest BCUT2D eigenvalue weighted by Gasteiger charge is -2.22. The molecule has 0 unspecified atom stereocenters. The molecule has 0 fully saturated rings. The molecule has 1 amide bonds. The SMILES string of the molecule is O=C(CCCCCCCCCCC[n+]1ccccc1)N[C@H](CO)[C@@H](O)c1ccc([N+](=O)[O-])cc1.[Br-]. The van der Waals surface area contributed by atoms with Gasteiger partial charge in [0.25, 0.3) is 5.69 Å². The highest BCUT2D eigenvalue weighted by Gasteiger charge is 2.22. The second-order valence-corrected chi connectivity index (χ2v) is 8.70. The van der Waals surface area contributed by atoms with Crippen LogP contribution in [0, 0.1) is 10.1 Å². The van der Waals surface area contributed by atoms with Crippen LogP contribution < -0.4 is 26.9 Å². The normalized spacial score (nSPS) is 12.4. The fourth-order valence-electron chi connectivity index (χ4n) is 3.93. The van der Waals surface area contributed by atoms with E-state index in [9.17, 15) is 25.1 Å². The van der Waals surface area contributed by atoms with E-state index in [4.69, 9.17) is 0 Å². The van der Waals surface area contributed by atoms with E-state index in [0.29, 0.717) is 12.0 Å². The van der Waals surface area contributed by atoms with Gasteiger partial charge in [-0.05, 0) is 30.5 Å². The predicted molar refractivity (Wildman–Crippen MR) is 130 cm³/mol. The Balaban J connectivity index is 0.00000612. The van der Waals surface area contributed by atoms with Crippen LogP contribution in [0.15, 0.2) is 54.9 Å². The molecule has 2 aromatic rings. The zero-order valence-electron chi connectivity index (χ0n) is 20.2. The fraction of sp³-hybridized carbons (Fsp3) is 0.538. The first-order valence-corrected chi connectivity index (χ1v) is 12.3. The maximum Gasteiger partial charge on any atom is 0.269 e. The van der Waals surface area contributed by atoms with E-state index in [1.165, 1.54) is 62.8 Å². The van der Waals surface area contributed by atoms with Gasteiger partial charge in [-0.3, -0.25) is 14.9 Å². The van der Waals surface area contributed by atoms with Crippen LogP contribution in [0.3, 0.4) is 0 Å². The number of hydrogen-bond acceptors (Lipinski definition) is 5. The number of nitro benzene ring substituents is 1. The molecule has 1 heterocycles. The number of nitrogens with zero attached hydrogens (tertiary/aromatic N) is 2. The summed E-state index contributed by atoms with van der Waals surface area (Å²) in [7, 11) is 0. The number of aromatic nitrogens is 1. The molecule has 0 spiro atoms. The Kier molecular flexibility index (Phi) is 15.8. The van der Waals surface area contributed by atoms with Gasteiger partial charge in [0.1, 0.15) is 12.6 Å². The highest BCUT2D eigenvalue weighted by atomic mass is 79.9. The number of aliphatic hydroxyl groups is 2. The summed E-state index contributed by atoms with van der Waals surface area (Å²) in [5.74, 6) is -0.212. The van der Waals surface area contributed by atoms with Crippen LogP contribution in [0.4, 0.5) is 5.69 Å². The monoisotopic (exact) mass is 551 g/mol. The van der Waals surface area contributed by atoms with Gasteiger partial charge >= 0.3 is 0 Å². The van der Waals surface area contributed by atoms with Crippen LogP contribution in [-0.4, -0.2) is 33.7 Å². The minimum atomic E-state index is -1.14. The number of halogens is 1. The number of carbonyl (C=O) groups excluding carboxylic acids is 1. The molecule has 35 heavy (non-hydrogen) atoms. The number of non-ortho nitro benzene ring substituents is 1. The van der Waals surface area contributed by atoms with Crippen molar-refractivity contribution in [3.63, 3.8) is 0 Å². The van der Waals surface area contributed by atoms with Crippen molar-refractivity contribution in [1.82, 2.24) is 5.32 Å². The van der Waals surface area contributed by atoms with Crippen molar-refractivity contribution in [2.75, 3.05) is 6.61 Å². The third-order valence-corrected chi connectivity index (χ3v) is 5.97. The van der Waals surface area contributed by atoms with Crippen LogP contribution in [0.25, 0.3) is 0 Å². The molecule has 2 atom stereocenters. The van der Waals surface area contributed by atoms with Gasteiger partial charge < -0.3 is 32.5 Å². The van der Waals surface area contributed by atoms with Gasteiger partial charge in [0, 0.05) is 37.1 Å². The molecule has 0 aliphatic carbocycles. The topological polar surface area (TPSA) is 117 Å². The van der Waals surface area contributed by atoms with Crippen LogP contribution in [0.2, 0.25) is 0 Å². The first-order chi connectivity index (χ1) is 16.5. The van der Waals surface area contributed by atoms with Gasteiger partial charge in [0.05, 0.1) is 17.6 Å². The zero-order chi connectivity index (χ0) is 24.6. The van der Waals surface area contributed by atoms with Crippen LogP contribution in [0.5, 0.6) is 0 Å². The highest BCUT2D eigenvalue weighted by molar-refractivity contribution is 5.76. The summed E-state index contributed by atoms with van der Waals surface area (Å²) in [6.07, 6.45) is 13.6. The molecule has 0 bridgehead atoms. The number of nitro groups is 1. The van der Waals surface area contributed by atoms with Gasteiger partial charge in [0.15, 0.2) is 12.4 Å². The van der Waals surface area contributed by atoms with Crippen molar-refractivity contribution in [1.29, 1.82) is 0 Å². The average Bonchev–Trinajstić information content (AvgIpc) is 2.86. The van der Waals surface area contributed by atoms with Crippen molar-refractivity contribution >= 4 is 11.6 Å². The zero-order valence-corrected chi connectivity index (χ0v) is 21.8. The molecule has 8 nitrogen and oxygen atoms in total. The molecular formula is C26H38BrN3O5. The summed E-state index contributed by atoms with van der Waals surface area (Å²) in [4.78, 5) is 22.4. The van der Waals surface area contributed by atoms with E-state index < -0.39 is 23.7 Å². The molecule has 0 aliphatic rings. The molecule has 194 valence electrons. The maximum absolute atomic E-state index is 12.2. The van der Waals surface area contributed by atoms with Crippen LogP contribution >= 0.6 is 0 Å². The summed E-state index contributed by atoms with van der Waals surface area (Å²) in [6.45, 7) is 0.652. The summed E-state index contributed by atoms with van der Waals surface area (Å²) in [6, 6.07) is 10.7. The summed E-state index contributed by atoms with van der Waals surface area (Å²) < 4.78 is 2.22. The van der Waals surface area contributed by atoms with Crippen molar-refractivity contribution in [3.8, 4) is 0 Å². The minimum absolute atomic E-state index is 0. The molecule has 3 N–H and O–H groups in total. The summed E-state index contributed by atoms with van der Waals surface area (Å²) in [5.41, 5.74) is 0.325. The Morgan fingerprint density at radius 2 is 1.46 bits per heavy atom. The smallest absolute Gasteiger partial charge is 0.269 e. The third-order valence-electron chi connectivity index (χ3n) is 5.97. The lowest BCUT2D eigenvalue weighted by Crippen LogP contribution is -3.00. The Labute approximate surface area is 218 Å². The second kappa shape index (κ2) is 18.0. The van der Waals surface area contributed by atoms with Crippen LogP contribution in [0.1, 0.15) is 75.9 Å². The van der Waals surface area contributed by atoms with E-state index in [1.54, 1.807) is 0 Å². The van der Waals surface area contributed by atoms with Crippen molar-refractivity contribution < 1.29 is 41.5 Å². The summed E-state index contributed by atoms with van der Waals surface area (Å²) >= 11 is 0. The molecule has 0 radical (unpaired) electrons. The number of rotatable bonds is 17.